The van der Waals surface area contributed by atoms with Crippen LogP contribution in [0.25, 0.3) is 0 Å². The summed E-state index contributed by atoms with van der Waals surface area (Å²) in [6.45, 7) is 4.58. The van der Waals surface area contributed by atoms with Crippen LogP contribution in [0.3, 0.4) is 0 Å². The maximum Gasteiger partial charge on any atom is 0.251 e. The first kappa shape index (κ1) is 15.0. The number of carbonyl (C=O) groups excluding carboxylic acids is 1. The normalized spacial score (nSPS) is 11.4. The monoisotopic (exact) mass is 381 g/mol. The fourth-order valence-corrected chi connectivity index (χ4v) is 2.54. The predicted molar refractivity (Wildman–Crippen MR) is 78.7 cm³/mol. The molecule has 0 spiro atoms. The van der Waals surface area contributed by atoms with Crippen molar-refractivity contribution >= 4 is 49.4 Å². The third kappa shape index (κ3) is 4.98. The summed E-state index contributed by atoms with van der Waals surface area (Å²) >= 11 is 12.5. The van der Waals surface area contributed by atoms with Crippen molar-refractivity contribution in [3.63, 3.8) is 0 Å². The predicted octanol–water partition coefficient (Wildman–Crippen LogP) is 4.21. The molecule has 0 aliphatic heterocycles. The molecular formula is C12H14Br2ClNO. The number of halogens is 3. The number of rotatable bonds is 4. The van der Waals surface area contributed by atoms with Crippen LogP contribution in [-0.4, -0.2) is 18.3 Å². The second-order valence-electron chi connectivity index (χ2n) is 4.64. The van der Waals surface area contributed by atoms with Gasteiger partial charge in [-0.2, -0.15) is 0 Å². The number of carbonyl (C=O) groups is 1. The number of alkyl halides is 1. The summed E-state index contributed by atoms with van der Waals surface area (Å²) in [5, 5.41) is 2.88. The van der Waals surface area contributed by atoms with Gasteiger partial charge < -0.3 is 5.32 Å². The zero-order valence-electron chi connectivity index (χ0n) is 9.69. The molecule has 0 saturated carbocycles. The Morgan fingerprint density at radius 1 is 1.29 bits per heavy atom. The number of amides is 1. The van der Waals surface area contributed by atoms with Gasteiger partial charge in [-0.15, -0.1) is 11.6 Å². The lowest BCUT2D eigenvalue weighted by molar-refractivity contribution is 0.0939. The number of benzene rings is 1. The van der Waals surface area contributed by atoms with Crippen LogP contribution in [0, 0.1) is 5.41 Å². The van der Waals surface area contributed by atoms with E-state index in [1.54, 1.807) is 12.1 Å². The van der Waals surface area contributed by atoms with E-state index in [0.717, 1.165) is 8.95 Å². The highest BCUT2D eigenvalue weighted by Gasteiger charge is 2.18. The lowest BCUT2D eigenvalue weighted by atomic mass is 9.96. The van der Waals surface area contributed by atoms with Crippen LogP contribution in [-0.2, 0) is 0 Å². The summed E-state index contributed by atoms with van der Waals surface area (Å²) in [6, 6.07) is 5.46. The third-order valence-corrected chi connectivity index (χ3v) is 3.85. The molecule has 1 amide bonds. The van der Waals surface area contributed by atoms with E-state index in [0.29, 0.717) is 18.0 Å². The molecule has 0 unspecified atom stereocenters. The highest BCUT2D eigenvalue weighted by molar-refractivity contribution is 9.11. The van der Waals surface area contributed by atoms with E-state index >= 15 is 0 Å². The molecule has 0 bridgehead atoms. The van der Waals surface area contributed by atoms with E-state index in [1.807, 2.05) is 19.9 Å². The van der Waals surface area contributed by atoms with Gasteiger partial charge in [-0.1, -0.05) is 45.7 Å². The highest BCUT2D eigenvalue weighted by atomic mass is 79.9. The van der Waals surface area contributed by atoms with Crippen molar-refractivity contribution in [1.82, 2.24) is 5.32 Å². The summed E-state index contributed by atoms with van der Waals surface area (Å²) in [5.41, 5.74) is 0.525. The Morgan fingerprint density at radius 2 is 1.82 bits per heavy atom. The second kappa shape index (κ2) is 6.21. The molecule has 1 aromatic carbocycles. The van der Waals surface area contributed by atoms with Crippen molar-refractivity contribution in [3.05, 3.63) is 32.7 Å². The van der Waals surface area contributed by atoms with Gasteiger partial charge in [0.25, 0.3) is 5.91 Å². The maximum atomic E-state index is 11.9. The van der Waals surface area contributed by atoms with Crippen molar-refractivity contribution in [2.45, 2.75) is 13.8 Å². The average molecular weight is 384 g/mol. The zero-order valence-corrected chi connectivity index (χ0v) is 13.6. The summed E-state index contributed by atoms with van der Waals surface area (Å²) in [4.78, 5) is 11.9. The van der Waals surface area contributed by atoms with Crippen LogP contribution < -0.4 is 5.32 Å². The molecule has 17 heavy (non-hydrogen) atoms. The van der Waals surface area contributed by atoms with E-state index in [4.69, 9.17) is 11.6 Å². The molecule has 0 fully saturated rings. The van der Waals surface area contributed by atoms with Crippen LogP contribution in [0.5, 0.6) is 0 Å². The molecule has 0 radical (unpaired) electrons. The smallest absolute Gasteiger partial charge is 0.251 e. The number of hydrogen-bond acceptors (Lipinski definition) is 1. The molecule has 0 aliphatic carbocycles. The summed E-state index contributed by atoms with van der Waals surface area (Å²) in [5.74, 6) is 0.417. The molecule has 1 N–H and O–H groups in total. The molecule has 0 aromatic heterocycles. The van der Waals surface area contributed by atoms with Gasteiger partial charge in [0.05, 0.1) is 0 Å². The van der Waals surface area contributed by atoms with Gasteiger partial charge in [-0.3, -0.25) is 4.79 Å². The van der Waals surface area contributed by atoms with Crippen LogP contribution in [0.2, 0.25) is 0 Å². The first-order valence-electron chi connectivity index (χ1n) is 5.14. The Kier molecular flexibility index (Phi) is 5.48. The van der Waals surface area contributed by atoms with E-state index in [-0.39, 0.29) is 11.3 Å². The molecular weight excluding hydrogens is 369 g/mol. The van der Waals surface area contributed by atoms with Crippen molar-refractivity contribution < 1.29 is 4.79 Å². The Morgan fingerprint density at radius 3 is 2.29 bits per heavy atom. The fraction of sp³-hybridized carbons (Fsp3) is 0.417. The summed E-state index contributed by atoms with van der Waals surface area (Å²) in [7, 11) is 0. The lowest BCUT2D eigenvalue weighted by Gasteiger charge is -2.21. The molecule has 0 heterocycles. The molecule has 0 aliphatic rings. The van der Waals surface area contributed by atoms with Gasteiger partial charge in [-0.25, -0.2) is 0 Å². The Labute approximate surface area is 123 Å². The molecule has 2 nitrogen and oxygen atoms in total. The van der Waals surface area contributed by atoms with Gasteiger partial charge in [-0.05, 0) is 23.6 Å². The van der Waals surface area contributed by atoms with Crippen molar-refractivity contribution in [1.29, 1.82) is 0 Å². The van der Waals surface area contributed by atoms with E-state index in [2.05, 4.69) is 37.2 Å². The van der Waals surface area contributed by atoms with E-state index in [9.17, 15) is 4.79 Å². The minimum absolute atomic E-state index is 0.0924. The highest BCUT2D eigenvalue weighted by Crippen LogP contribution is 2.20. The van der Waals surface area contributed by atoms with Gasteiger partial charge in [0.2, 0.25) is 0 Å². The largest absolute Gasteiger partial charge is 0.351 e. The molecule has 1 rings (SSSR count). The minimum atomic E-state index is -0.0968. The lowest BCUT2D eigenvalue weighted by Crippen LogP contribution is -2.35. The fourth-order valence-electron chi connectivity index (χ4n) is 1.15. The number of nitrogens with one attached hydrogen (secondary N) is 1. The third-order valence-electron chi connectivity index (χ3n) is 2.21. The van der Waals surface area contributed by atoms with Crippen molar-refractivity contribution in [2.75, 3.05) is 12.4 Å². The number of hydrogen-bond donors (Lipinski definition) is 1. The molecule has 1 aromatic rings. The van der Waals surface area contributed by atoms with Gasteiger partial charge in [0, 0.05) is 26.9 Å². The molecule has 94 valence electrons. The average Bonchev–Trinajstić information content (AvgIpc) is 2.24. The minimum Gasteiger partial charge on any atom is -0.351 e. The second-order valence-corrected chi connectivity index (χ2v) is 6.74. The Balaban J connectivity index is 2.70. The van der Waals surface area contributed by atoms with Gasteiger partial charge in [0.15, 0.2) is 0 Å². The van der Waals surface area contributed by atoms with E-state index in [1.165, 1.54) is 0 Å². The van der Waals surface area contributed by atoms with Crippen LogP contribution in [0.15, 0.2) is 27.1 Å². The molecule has 0 saturated heterocycles. The first-order valence-corrected chi connectivity index (χ1v) is 7.26. The SMILES string of the molecule is CC(C)(CCl)CNC(=O)c1cc(Br)cc(Br)c1. The Hall–Kier alpha value is -0.0600. The summed E-state index contributed by atoms with van der Waals surface area (Å²) < 4.78 is 1.74. The maximum absolute atomic E-state index is 11.9. The van der Waals surface area contributed by atoms with Crippen LogP contribution >= 0.6 is 43.5 Å². The quantitative estimate of drug-likeness (QED) is 0.776. The standard InChI is InChI=1S/C12H14Br2ClNO/c1-12(2,6-15)7-16-11(17)8-3-9(13)5-10(14)4-8/h3-5H,6-7H2,1-2H3,(H,16,17). The molecule has 5 heteroatoms. The molecule has 0 atom stereocenters. The zero-order chi connectivity index (χ0) is 13.1. The van der Waals surface area contributed by atoms with E-state index < -0.39 is 0 Å². The summed E-state index contributed by atoms with van der Waals surface area (Å²) in [6.07, 6.45) is 0. The topological polar surface area (TPSA) is 29.1 Å². The van der Waals surface area contributed by atoms with Gasteiger partial charge >= 0.3 is 0 Å². The van der Waals surface area contributed by atoms with Crippen LogP contribution in [0.1, 0.15) is 24.2 Å². The van der Waals surface area contributed by atoms with Crippen LogP contribution in [0.4, 0.5) is 0 Å². The van der Waals surface area contributed by atoms with Gasteiger partial charge in [0.1, 0.15) is 0 Å². The van der Waals surface area contributed by atoms with Crippen molar-refractivity contribution in [2.24, 2.45) is 5.41 Å². The first-order chi connectivity index (χ1) is 7.84. The van der Waals surface area contributed by atoms with Crippen molar-refractivity contribution in [3.8, 4) is 0 Å². The Bertz CT molecular complexity index is 401.